The second kappa shape index (κ2) is 7.63. The maximum Gasteiger partial charge on any atom is 0.0950 e. The second-order valence-electron chi connectivity index (χ2n) is 8.61. The fourth-order valence-electron chi connectivity index (χ4n) is 4.86. The highest BCUT2D eigenvalue weighted by Gasteiger charge is 2.25. The molecule has 154 valence electrons. The van der Waals surface area contributed by atoms with Gasteiger partial charge in [-0.15, -0.1) is 0 Å². The molecule has 0 aromatic heterocycles. The Hall–Kier alpha value is -3.52. The average molecular weight is 405 g/mol. The summed E-state index contributed by atoms with van der Waals surface area (Å²) in [4.78, 5) is 4.74. The number of para-hydroxylation sites is 2. The lowest BCUT2D eigenvalue weighted by Crippen LogP contribution is -2.24. The van der Waals surface area contributed by atoms with Gasteiger partial charge in [0.2, 0.25) is 0 Å². The smallest absolute Gasteiger partial charge is 0.0950 e. The molecular formula is C29H28N2. The molecule has 2 heteroatoms. The number of benzene rings is 4. The zero-order chi connectivity index (χ0) is 21.5. The topological polar surface area (TPSA) is 6.48 Å². The molecule has 0 spiro atoms. The molecule has 1 aliphatic heterocycles. The lowest BCUT2D eigenvalue weighted by Gasteiger charge is -2.23. The third-order valence-corrected chi connectivity index (χ3v) is 6.37. The Morgan fingerprint density at radius 2 is 1.19 bits per heavy atom. The summed E-state index contributed by atoms with van der Waals surface area (Å²) in [5.74, 6) is 0. The third kappa shape index (κ3) is 3.38. The minimum atomic E-state index is 0.870. The molecular weight excluding hydrogens is 376 g/mol. The summed E-state index contributed by atoms with van der Waals surface area (Å²) in [5.41, 5.74) is 12.9. The fraction of sp³-hybridized carbons (Fsp3) is 0.172. The van der Waals surface area contributed by atoms with E-state index < -0.39 is 0 Å². The van der Waals surface area contributed by atoms with Gasteiger partial charge in [-0.2, -0.15) is 0 Å². The zero-order valence-electron chi connectivity index (χ0n) is 18.7. The molecule has 4 aromatic rings. The summed E-state index contributed by atoms with van der Waals surface area (Å²) < 4.78 is 0. The van der Waals surface area contributed by atoms with Crippen LogP contribution in [0.4, 0.5) is 17.1 Å². The van der Waals surface area contributed by atoms with Gasteiger partial charge in [-0.05, 0) is 77.9 Å². The number of fused-ring (bicyclic) bond motifs is 1. The minimum Gasteiger partial charge on any atom is -0.355 e. The van der Waals surface area contributed by atoms with Crippen molar-refractivity contribution in [1.29, 1.82) is 0 Å². The first kappa shape index (κ1) is 19.4. The molecule has 0 fully saturated rings. The highest BCUT2D eigenvalue weighted by Crippen LogP contribution is 2.42. The van der Waals surface area contributed by atoms with Crippen LogP contribution in [-0.2, 0) is 0 Å². The van der Waals surface area contributed by atoms with E-state index in [4.69, 9.17) is 0 Å². The number of rotatable bonds is 3. The molecule has 0 N–H and O–H groups in total. The largest absolute Gasteiger partial charge is 0.355 e. The number of hydrogen-bond donors (Lipinski definition) is 0. The van der Waals surface area contributed by atoms with Crippen LogP contribution < -0.4 is 9.80 Å². The summed E-state index contributed by atoms with van der Waals surface area (Å²) in [6.07, 6.45) is 0. The predicted octanol–water partition coefficient (Wildman–Crippen LogP) is 7.49. The van der Waals surface area contributed by atoms with Crippen molar-refractivity contribution in [2.24, 2.45) is 0 Å². The molecule has 0 bridgehead atoms. The Morgan fingerprint density at radius 1 is 0.548 bits per heavy atom. The maximum atomic E-state index is 2.43. The van der Waals surface area contributed by atoms with Crippen molar-refractivity contribution in [3.63, 3.8) is 0 Å². The lowest BCUT2D eigenvalue weighted by molar-refractivity contribution is 0.946. The summed E-state index contributed by atoms with van der Waals surface area (Å²) in [6, 6.07) is 30.8. The van der Waals surface area contributed by atoms with Crippen LogP contribution in [0.5, 0.6) is 0 Å². The van der Waals surface area contributed by atoms with Crippen molar-refractivity contribution in [1.82, 2.24) is 0 Å². The van der Waals surface area contributed by atoms with Gasteiger partial charge in [0.15, 0.2) is 0 Å². The van der Waals surface area contributed by atoms with Gasteiger partial charge in [0.25, 0.3) is 0 Å². The number of hydrogen-bond acceptors (Lipinski definition) is 2. The van der Waals surface area contributed by atoms with Crippen molar-refractivity contribution in [3.8, 4) is 22.3 Å². The molecule has 0 atom stereocenters. The van der Waals surface area contributed by atoms with Crippen LogP contribution in [0.25, 0.3) is 22.3 Å². The van der Waals surface area contributed by atoms with E-state index in [1.165, 1.54) is 56.0 Å². The second-order valence-corrected chi connectivity index (χ2v) is 8.61. The number of nitrogens with zero attached hydrogens (tertiary/aromatic N) is 2. The Balaban J connectivity index is 1.59. The van der Waals surface area contributed by atoms with Crippen molar-refractivity contribution >= 4 is 17.1 Å². The summed E-state index contributed by atoms with van der Waals surface area (Å²) in [5, 5.41) is 0. The average Bonchev–Trinajstić information content (AvgIpc) is 3.11. The fourth-order valence-corrected chi connectivity index (χ4v) is 4.86. The number of anilines is 3. The molecule has 4 aromatic carbocycles. The normalized spacial score (nSPS) is 12.9. The van der Waals surface area contributed by atoms with Gasteiger partial charge in [0, 0.05) is 12.7 Å². The molecule has 0 amide bonds. The van der Waals surface area contributed by atoms with Gasteiger partial charge in [-0.3, -0.25) is 0 Å². The minimum absolute atomic E-state index is 0.870. The first-order valence-corrected chi connectivity index (χ1v) is 10.9. The van der Waals surface area contributed by atoms with Gasteiger partial charge in [0.1, 0.15) is 0 Å². The van der Waals surface area contributed by atoms with Crippen LogP contribution >= 0.6 is 0 Å². The van der Waals surface area contributed by atoms with E-state index in [0.29, 0.717) is 0 Å². The Labute approximate surface area is 185 Å². The molecule has 31 heavy (non-hydrogen) atoms. The van der Waals surface area contributed by atoms with Crippen molar-refractivity contribution < 1.29 is 0 Å². The highest BCUT2D eigenvalue weighted by molar-refractivity contribution is 5.86. The molecule has 0 saturated heterocycles. The zero-order valence-corrected chi connectivity index (χ0v) is 18.7. The van der Waals surface area contributed by atoms with Crippen LogP contribution in [0.1, 0.15) is 16.7 Å². The van der Waals surface area contributed by atoms with E-state index in [1.807, 2.05) is 0 Å². The third-order valence-electron chi connectivity index (χ3n) is 6.37. The summed E-state index contributed by atoms with van der Waals surface area (Å²) in [6.45, 7) is 7.54. The van der Waals surface area contributed by atoms with Crippen LogP contribution in [0, 0.1) is 20.8 Å². The van der Waals surface area contributed by atoms with Crippen LogP contribution in [0.2, 0.25) is 0 Å². The van der Waals surface area contributed by atoms with E-state index in [0.717, 1.165) is 6.67 Å². The van der Waals surface area contributed by atoms with Gasteiger partial charge < -0.3 is 9.80 Å². The molecule has 2 nitrogen and oxygen atoms in total. The van der Waals surface area contributed by atoms with Gasteiger partial charge in [-0.1, -0.05) is 66.7 Å². The van der Waals surface area contributed by atoms with Crippen LogP contribution in [0.3, 0.4) is 0 Å². The molecule has 1 aliphatic rings. The highest BCUT2D eigenvalue weighted by atomic mass is 15.4. The van der Waals surface area contributed by atoms with E-state index in [-0.39, 0.29) is 0 Å². The molecule has 1 heterocycles. The Morgan fingerprint density at radius 3 is 1.90 bits per heavy atom. The SMILES string of the molecule is Cc1ccc(-c2c(C)cc(-c3ccccc3)cc2C)cc1N1CN(C)c2ccccc21. The van der Waals surface area contributed by atoms with Gasteiger partial charge in [-0.25, -0.2) is 0 Å². The molecule has 0 aliphatic carbocycles. The monoisotopic (exact) mass is 404 g/mol. The van der Waals surface area contributed by atoms with E-state index in [2.05, 4.69) is 123 Å². The number of aryl methyl sites for hydroxylation is 3. The molecule has 0 saturated carbocycles. The van der Waals surface area contributed by atoms with Crippen molar-refractivity contribution in [2.75, 3.05) is 23.5 Å². The van der Waals surface area contributed by atoms with Crippen LogP contribution in [-0.4, -0.2) is 13.7 Å². The Bertz CT molecular complexity index is 1230. The van der Waals surface area contributed by atoms with E-state index >= 15 is 0 Å². The van der Waals surface area contributed by atoms with Crippen LogP contribution in [0.15, 0.2) is 84.9 Å². The van der Waals surface area contributed by atoms with E-state index in [9.17, 15) is 0 Å². The maximum absolute atomic E-state index is 2.43. The predicted molar refractivity (Wildman–Crippen MR) is 133 cm³/mol. The first-order chi connectivity index (χ1) is 15.0. The van der Waals surface area contributed by atoms with Crippen molar-refractivity contribution in [2.45, 2.75) is 20.8 Å². The quantitative estimate of drug-likeness (QED) is 0.349. The van der Waals surface area contributed by atoms with Gasteiger partial charge in [0.05, 0.1) is 18.0 Å². The standard InChI is InChI=1S/C29H28N2/c1-20-14-15-24(18-28(20)31-19-30(4)26-12-8-9-13-27(26)31)29-21(2)16-25(17-22(29)3)23-10-6-5-7-11-23/h5-18H,19H2,1-4H3. The lowest BCUT2D eigenvalue weighted by atomic mass is 9.90. The van der Waals surface area contributed by atoms with E-state index in [1.54, 1.807) is 0 Å². The Kier molecular flexibility index (Phi) is 4.78. The summed E-state index contributed by atoms with van der Waals surface area (Å²) in [7, 11) is 2.16. The first-order valence-electron chi connectivity index (χ1n) is 10.9. The molecule has 5 rings (SSSR count). The molecule has 0 unspecified atom stereocenters. The summed E-state index contributed by atoms with van der Waals surface area (Å²) >= 11 is 0. The van der Waals surface area contributed by atoms with Gasteiger partial charge >= 0.3 is 0 Å². The van der Waals surface area contributed by atoms with Crippen molar-refractivity contribution in [3.05, 3.63) is 102 Å². The molecule has 0 radical (unpaired) electrons.